The number of amides is 1. The van der Waals surface area contributed by atoms with E-state index in [1.165, 1.54) is 12.1 Å². The molecule has 0 spiro atoms. The van der Waals surface area contributed by atoms with Crippen molar-refractivity contribution < 1.29 is 14.3 Å². The van der Waals surface area contributed by atoms with Crippen LogP contribution in [0.2, 0.25) is 0 Å². The van der Waals surface area contributed by atoms with Gasteiger partial charge in [-0.2, -0.15) is 0 Å². The van der Waals surface area contributed by atoms with E-state index in [-0.39, 0.29) is 17.2 Å². The quantitative estimate of drug-likeness (QED) is 0.875. The van der Waals surface area contributed by atoms with Crippen LogP contribution in [0.1, 0.15) is 27.0 Å². The van der Waals surface area contributed by atoms with Gasteiger partial charge < -0.3 is 10.0 Å². The van der Waals surface area contributed by atoms with Gasteiger partial charge in [-0.25, -0.2) is 4.39 Å². The lowest BCUT2D eigenvalue weighted by Gasteiger charge is -2.29. The zero-order valence-electron chi connectivity index (χ0n) is 11.8. The predicted octanol–water partition coefficient (Wildman–Crippen LogP) is 3.04. The van der Waals surface area contributed by atoms with E-state index in [2.05, 4.69) is 0 Å². The number of halogens is 1. The van der Waals surface area contributed by atoms with Crippen LogP contribution in [-0.2, 0) is 13.0 Å². The van der Waals surface area contributed by atoms with E-state index in [1.54, 1.807) is 30.0 Å². The summed E-state index contributed by atoms with van der Waals surface area (Å²) in [4.78, 5) is 14.1. The third kappa shape index (κ3) is 2.61. The van der Waals surface area contributed by atoms with E-state index in [1.807, 2.05) is 6.07 Å². The Bertz CT molecular complexity index is 712. The molecule has 0 bridgehead atoms. The minimum absolute atomic E-state index is 0.101. The highest BCUT2D eigenvalue weighted by atomic mass is 19.1. The van der Waals surface area contributed by atoms with Gasteiger partial charge in [0.25, 0.3) is 5.91 Å². The Labute approximate surface area is 122 Å². The van der Waals surface area contributed by atoms with Crippen LogP contribution in [0.5, 0.6) is 5.75 Å². The number of phenolic OH excluding ortho intramolecular Hbond substituents is 1. The number of carbonyl (C=O) groups is 1. The number of benzene rings is 2. The molecule has 1 aliphatic rings. The number of aromatic hydroxyl groups is 1. The maximum atomic E-state index is 13.9. The summed E-state index contributed by atoms with van der Waals surface area (Å²) >= 11 is 0. The van der Waals surface area contributed by atoms with Crippen LogP contribution in [0.4, 0.5) is 4.39 Å². The summed E-state index contributed by atoms with van der Waals surface area (Å²) in [5.74, 6) is -0.604. The highest BCUT2D eigenvalue weighted by Crippen LogP contribution is 2.24. The SMILES string of the molecule is Cc1ccc(C(=O)N2CCc3ccc(O)cc3C2)c(F)c1. The van der Waals surface area contributed by atoms with E-state index in [0.29, 0.717) is 13.1 Å². The summed E-state index contributed by atoms with van der Waals surface area (Å²) in [6.45, 7) is 2.75. The van der Waals surface area contributed by atoms with Gasteiger partial charge in [0, 0.05) is 13.1 Å². The van der Waals surface area contributed by atoms with Gasteiger partial charge in [0.2, 0.25) is 0 Å². The van der Waals surface area contributed by atoms with Gasteiger partial charge in [0.05, 0.1) is 5.56 Å². The third-order valence-corrected chi connectivity index (χ3v) is 3.84. The zero-order valence-corrected chi connectivity index (χ0v) is 11.8. The van der Waals surface area contributed by atoms with Crippen molar-refractivity contribution in [3.8, 4) is 5.75 Å². The molecular formula is C17H16FNO2. The second kappa shape index (κ2) is 5.20. The minimum atomic E-state index is -0.485. The summed E-state index contributed by atoms with van der Waals surface area (Å²) in [6, 6.07) is 9.83. The number of rotatable bonds is 1. The molecule has 2 aromatic rings. The van der Waals surface area contributed by atoms with Crippen LogP contribution in [0.15, 0.2) is 36.4 Å². The van der Waals surface area contributed by atoms with E-state index in [0.717, 1.165) is 23.1 Å². The van der Waals surface area contributed by atoms with Crippen LogP contribution in [0.3, 0.4) is 0 Å². The van der Waals surface area contributed by atoms with Crippen molar-refractivity contribution in [1.82, 2.24) is 4.90 Å². The van der Waals surface area contributed by atoms with Crippen LogP contribution >= 0.6 is 0 Å². The Morgan fingerprint density at radius 2 is 2.00 bits per heavy atom. The Kier molecular flexibility index (Phi) is 3.37. The number of carbonyl (C=O) groups excluding carboxylic acids is 1. The van der Waals surface area contributed by atoms with E-state index in [4.69, 9.17) is 0 Å². The fourth-order valence-electron chi connectivity index (χ4n) is 2.68. The smallest absolute Gasteiger partial charge is 0.257 e. The molecule has 1 heterocycles. The number of hydrogen-bond donors (Lipinski definition) is 1. The van der Waals surface area contributed by atoms with Crippen LogP contribution in [0, 0.1) is 12.7 Å². The lowest BCUT2D eigenvalue weighted by molar-refractivity contribution is 0.0729. The molecule has 0 saturated carbocycles. The van der Waals surface area contributed by atoms with Crippen molar-refractivity contribution in [3.63, 3.8) is 0 Å². The van der Waals surface area contributed by atoms with E-state index < -0.39 is 5.82 Å². The minimum Gasteiger partial charge on any atom is -0.508 e. The average molecular weight is 285 g/mol. The van der Waals surface area contributed by atoms with E-state index in [9.17, 15) is 14.3 Å². The first-order valence-electron chi connectivity index (χ1n) is 6.91. The van der Waals surface area contributed by atoms with Gasteiger partial charge in [0.1, 0.15) is 11.6 Å². The summed E-state index contributed by atoms with van der Waals surface area (Å²) in [5, 5.41) is 9.54. The number of aryl methyl sites for hydroxylation is 1. The second-order valence-corrected chi connectivity index (χ2v) is 5.41. The summed E-state index contributed by atoms with van der Waals surface area (Å²) < 4.78 is 13.9. The van der Waals surface area contributed by atoms with Crippen molar-refractivity contribution in [3.05, 3.63) is 64.5 Å². The average Bonchev–Trinajstić information content (AvgIpc) is 2.46. The zero-order chi connectivity index (χ0) is 15.0. The number of fused-ring (bicyclic) bond motifs is 1. The molecule has 0 radical (unpaired) electrons. The molecule has 1 N–H and O–H groups in total. The van der Waals surface area contributed by atoms with Gasteiger partial charge in [-0.05, 0) is 54.3 Å². The summed E-state index contributed by atoms with van der Waals surface area (Å²) in [6.07, 6.45) is 0.717. The normalized spacial score (nSPS) is 13.9. The first-order chi connectivity index (χ1) is 10.0. The Hall–Kier alpha value is -2.36. The van der Waals surface area contributed by atoms with Gasteiger partial charge in [-0.1, -0.05) is 12.1 Å². The monoisotopic (exact) mass is 285 g/mol. The van der Waals surface area contributed by atoms with Gasteiger partial charge in [-0.3, -0.25) is 4.79 Å². The number of nitrogens with zero attached hydrogens (tertiary/aromatic N) is 1. The topological polar surface area (TPSA) is 40.5 Å². The van der Waals surface area contributed by atoms with E-state index >= 15 is 0 Å². The molecule has 0 fully saturated rings. The highest BCUT2D eigenvalue weighted by Gasteiger charge is 2.23. The Morgan fingerprint density at radius 3 is 2.76 bits per heavy atom. The number of hydrogen-bond acceptors (Lipinski definition) is 2. The van der Waals surface area contributed by atoms with Crippen LogP contribution < -0.4 is 0 Å². The number of phenols is 1. The predicted molar refractivity (Wildman–Crippen MR) is 77.7 cm³/mol. The Balaban J connectivity index is 1.87. The molecule has 1 amide bonds. The van der Waals surface area contributed by atoms with Gasteiger partial charge in [-0.15, -0.1) is 0 Å². The molecule has 3 rings (SSSR count). The molecule has 21 heavy (non-hydrogen) atoms. The first kappa shape index (κ1) is 13.6. The largest absolute Gasteiger partial charge is 0.508 e. The second-order valence-electron chi connectivity index (χ2n) is 5.41. The van der Waals surface area contributed by atoms with Crippen molar-refractivity contribution in [2.75, 3.05) is 6.54 Å². The molecule has 1 aliphatic heterocycles. The fourth-order valence-corrected chi connectivity index (χ4v) is 2.68. The third-order valence-electron chi connectivity index (χ3n) is 3.84. The summed E-state index contributed by atoms with van der Waals surface area (Å²) in [7, 11) is 0. The van der Waals surface area contributed by atoms with Crippen molar-refractivity contribution in [1.29, 1.82) is 0 Å². The molecule has 3 nitrogen and oxygen atoms in total. The molecular weight excluding hydrogens is 269 g/mol. The molecule has 4 heteroatoms. The lowest BCUT2D eigenvalue weighted by Crippen LogP contribution is -2.36. The fraction of sp³-hybridized carbons (Fsp3) is 0.235. The van der Waals surface area contributed by atoms with Crippen LogP contribution in [0.25, 0.3) is 0 Å². The lowest BCUT2D eigenvalue weighted by atomic mass is 9.98. The molecule has 0 aliphatic carbocycles. The van der Waals surface area contributed by atoms with Crippen LogP contribution in [-0.4, -0.2) is 22.5 Å². The van der Waals surface area contributed by atoms with Crippen molar-refractivity contribution >= 4 is 5.91 Å². The standard InChI is InChI=1S/C17H16FNO2/c1-11-2-5-15(16(18)8-11)17(21)19-7-6-12-3-4-14(20)9-13(12)10-19/h2-5,8-9,20H,6-7,10H2,1H3. The maximum absolute atomic E-state index is 13.9. The molecule has 0 aromatic heterocycles. The molecule has 2 aromatic carbocycles. The molecule has 0 saturated heterocycles. The first-order valence-corrected chi connectivity index (χ1v) is 6.91. The highest BCUT2D eigenvalue weighted by molar-refractivity contribution is 5.94. The van der Waals surface area contributed by atoms with Gasteiger partial charge >= 0.3 is 0 Å². The maximum Gasteiger partial charge on any atom is 0.257 e. The molecule has 0 atom stereocenters. The van der Waals surface area contributed by atoms with Gasteiger partial charge in [0.15, 0.2) is 0 Å². The molecule has 108 valence electrons. The Morgan fingerprint density at radius 1 is 1.19 bits per heavy atom. The van der Waals surface area contributed by atoms with Crippen molar-refractivity contribution in [2.24, 2.45) is 0 Å². The van der Waals surface area contributed by atoms with Crippen molar-refractivity contribution in [2.45, 2.75) is 19.9 Å². The summed E-state index contributed by atoms with van der Waals surface area (Å²) in [5.41, 5.74) is 2.94. The molecule has 0 unspecified atom stereocenters.